The summed E-state index contributed by atoms with van der Waals surface area (Å²) in [6, 6.07) is 20.2. The van der Waals surface area contributed by atoms with E-state index < -0.39 is 0 Å². The fraction of sp³-hybridized carbons (Fsp3) is 0.250. The van der Waals surface area contributed by atoms with Crippen LogP contribution in [0.1, 0.15) is 12.0 Å². The van der Waals surface area contributed by atoms with E-state index >= 15 is 0 Å². The highest BCUT2D eigenvalue weighted by atomic mass is 28.2. The average molecular weight is 251 g/mol. The summed E-state index contributed by atoms with van der Waals surface area (Å²) in [7, 11) is -0.0507. The summed E-state index contributed by atoms with van der Waals surface area (Å²) in [6.07, 6.45) is 2.59. The van der Waals surface area contributed by atoms with E-state index in [4.69, 9.17) is 0 Å². The number of benzene rings is 2. The summed E-state index contributed by atoms with van der Waals surface area (Å²) in [5.41, 5.74) is 4.47. The summed E-state index contributed by atoms with van der Waals surface area (Å²) in [4.78, 5) is 2.62. The Morgan fingerprint density at radius 3 is 2.67 bits per heavy atom. The minimum absolute atomic E-state index is 0.0507. The van der Waals surface area contributed by atoms with Gasteiger partial charge in [0, 0.05) is 17.4 Å². The van der Waals surface area contributed by atoms with Crippen LogP contribution in [0.15, 0.2) is 48.5 Å². The molecule has 2 heteroatoms. The third kappa shape index (κ3) is 1.45. The fourth-order valence-electron chi connectivity index (χ4n) is 3.48. The molecule has 0 radical (unpaired) electrons. The van der Waals surface area contributed by atoms with Crippen LogP contribution < -0.4 is 10.1 Å². The van der Waals surface area contributed by atoms with Gasteiger partial charge in [-0.05, 0) is 41.8 Å². The van der Waals surface area contributed by atoms with Gasteiger partial charge >= 0.3 is 0 Å². The highest BCUT2D eigenvalue weighted by molar-refractivity contribution is 6.56. The molecule has 0 fully saturated rings. The number of fused-ring (bicyclic) bond motifs is 5. The molecule has 0 bridgehead atoms. The summed E-state index contributed by atoms with van der Waals surface area (Å²) in [5.74, 6) is 0. The molecule has 2 aliphatic rings. The molecule has 0 amide bonds. The van der Waals surface area contributed by atoms with Crippen molar-refractivity contribution in [2.45, 2.75) is 24.9 Å². The Bertz CT molecular complexity index is 542. The number of nitrogens with zero attached hydrogens (tertiary/aromatic N) is 1. The van der Waals surface area contributed by atoms with E-state index in [0.29, 0.717) is 0 Å². The second kappa shape index (κ2) is 3.99. The molecule has 2 aromatic carbocycles. The number of para-hydroxylation sites is 2. The zero-order valence-corrected chi connectivity index (χ0v) is 11.9. The van der Waals surface area contributed by atoms with Gasteiger partial charge < -0.3 is 4.90 Å². The third-order valence-electron chi connectivity index (χ3n) is 4.36. The van der Waals surface area contributed by atoms with Crippen molar-refractivity contribution < 1.29 is 0 Å². The molecule has 0 saturated heterocycles. The molecule has 2 heterocycles. The molecule has 0 saturated carbocycles. The Hall–Kier alpha value is -1.54. The van der Waals surface area contributed by atoms with Gasteiger partial charge in [-0.1, -0.05) is 36.4 Å². The first-order chi connectivity index (χ1) is 8.93. The topological polar surface area (TPSA) is 3.24 Å². The number of aryl methyl sites for hydroxylation is 1. The van der Waals surface area contributed by atoms with Gasteiger partial charge in [0.2, 0.25) is 0 Å². The lowest BCUT2D eigenvalue weighted by Gasteiger charge is -2.43. The maximum atomic E-state index is 2.62. The minimum Gasteiger partial charge on any atom is -0.339 e. The van der Waals surface area contributed by atoms with E-state index in [0.717, 1.165) is 6.04 Å². The molecule has 1 atom stereocenters. The van der Waals surface area contributed by atoms with Crippen molar-refractivity contribution in [3.05, 3.63) is 54.1 Å². The largest absolute Gasteiger partial charge is 0.339 e. The molecule has 2 aliphatic heterocycles. The smallest absolute Gasteiger partial charge is 0.0595 e. The maximum absolute atomic E-state index is 2.62. The van der Waals surface area contributed by atoms with Gasteiger partial charge in [0.05, 0.1) is 9.52 Å². The van der Waals surface area contributed by atoms with E-state index in [1.54, 1.807) is 5.19 Å². The second-order valence-electron chi connectivity index (χ2n) is 5.36. The van der Waals surface area contributed by atoms with Crippen molar-refractivity contribution in [2.24, 2.45) is 0 Å². The van der Waals surface area contributed by atoms with E-state index in [1.807, 2.05) is 0 Å². The number of anilines is 2. The molecule has 0 N–H and O–H groups in total. The molecule has 0 aromatic heterocycles. The Balaban J connectivity index is 1.91. The summed E-state index contributed by atoms with van der Waals surface area (Å²) < 4.78 is 0. The van der Waals surface area contributed by atoms with Gasteiger partial charge in [0.1, 0.15) is 0 Å². The molecular weight excluding hydrogens is 234 g/mol. The number of rotatable bonds is 0. The third-order valence-corrected chi connectivity index (χ3v) is 6.45. The van der Waals surface area contributed by atoms with Crippen LogP contribution in [0.2, 0.25) is 6.04 Å². The van der Waals surface area contributed by atoms with Crippen LogP contribution in [0.3, 0.4) is 0 Å². The van der Waals surface area contributed by atoms with Gasteiger partial charge in [-0.15, -0.1) is 0 Å². The van der Waals surface area contributed by atoms with Gasteiger partial charge in [-0.25, -0.2) is 0 Å². The molecule has 1 unspecified atom stereocenters. The van der Waals surface area contributed by atoms with Crippen LogP contribution in [-0.4, -0.2) is 15.6 Å². The van der Waals surface area contributed by atoms with Crippen molar-refractivity contribution in [3.8, 4) is 0 Å². The highest BCUT2D eigenvalue weighted by Gasteiger charge is 2.31. The van der Waals surface area contributed by atoms with Crippen LogP contribution in [0, 0.1) is 0 Å². The quantitative estimate of drug-likeness (QED) is 0.650. The Morgan fingerprint density at radius 1 is 0.944 bits per heavy atom. The average Bonchev–Trinajstić information content (AvgIpc) is 2.46. The van der Waals surface area contributed by atoms with E-state index in [1.165, 1.54) is 35.8 Å². The van der Waals surface area contributed by atoms with Crippen LogP contribution in [-0.2, 0) is 6.42 Å². The lowest BCUT2D eigenvalue weighted by Crippen LogP contribution is -2.44. The summed E-state index contributed by atoms with van der Waals surface area (Å²) in [5, 5.41) is 1.64. The summed E-state index contributed by atoms with van der Waals surface area (Å²) >= 11 is 0. The first-order valence-electron chi connectivity index (χ1n) is 6.88. The van der Waals surface area contributed by atoms with Crippen LogP contribution in [0.4, 0.5) is 11.4 Å². The van der Waals surface area contributed by atoms with Crippen molar-refractivity contribution in [3.63, 3.8) is 0 Å². The van der Waals surface area contributed by atoms with Crippen molar-refractivity contribution in [2.75, 3.05) is 4.90 Å². The van der Waals surface area contributed by atoms with E-state index in [-0.39, 0.29) is 9.52 Å². The van der Waals surface area contributed by atoms with Gasteiger partial charge in [0.15, 0.2) is 0 Å². The van der Waals surface area contributed by atoms with Gasteiger partial charge in [-0.2, -0.15) is 0 Å². The monoisotopic (exact) mass is 251 g/mol. The molecule has 0 spiro atoms. The van der Waals surface area contributed by atoms with Crippen molar-refractivity contribution >= 4 is 26.1 Å². The Labute approximate surface area is 110 Å². The molecule has 1 nitrogen and oxygen atoms in total. The zero-order chi connectivity index (χ0) is 11.9. The van der Waals surface area contributed by atoms with Crippen LogP contribution >= 0.6 is 0 Å². The maximum Gasteiger partial charge on any atom is 0.0595 e. The first-order valence-corrected chi connectivity index (χ1v) is 8.59. The lowest BCUT2D eigenvalue weighted by molar-refractivity contribution is 0.613. The minimum atomic E-state index is -0.0507. The predicted molar refractivity (Wildman–Crippen MR) is 80.1 cm³/mol. The molecule has 2 aromatic rings. The molecule has 0 aliphatic carbocycles. The summed E-state index contributed by atoms with van der Waals surface area (Å²) in [6.45, 7) is 0. The molecular formula is C16H17NSi. The van der Waals surface area contributed by atoms with Gasteiger partial charge in [0.25, 0.3) is 0 Å². The van der Waals surface area contributed by atoms with Gasteiger partial charge in [-0.3, -0.25) is 0 Å². The Kier molecular flexibility index (Phi) is 2.30. The van der Waals surface area contributed by atoms with Crippen LogP contribution in [0.5, 0.6) is 0 Å². The predicted octanol–water partition coefficient (Wildman–Crippen LogP) is 2.37. The second-order valence-corrected chi connectivity index (χ2v) is 7.20. The molecule has 18 heavy (non-hydrogen) atoms. The van der Waals surface area contributed by atoms with E-state index in [9.17, 15) is 0 Å². The zero-order valence-electron chi connectivity index (χ0n) is 10.5. The number of hydrogen-bond donors (Lipinski definition) is 0. The first kappa shape index (κ1) is 10.4. The highest BCUT2D eigenvalue weighted by Crippen LogP contribution is 2.38. The lowest BCUT2D eigenvalue weighted by atomic mass is 9.95. The van der Waals surface area contributed by atoms with Crippen LogP contribution in [0.25, 0.3) is 0 Å². The molecule has 90 valence electrons. The normalized spacial score (nSPS) is 22.2. The SMILES string of the molecule is c1ccc2c(c1)CCC1C[SiH2]c3ccccc3N21. The van der Waals surface area contributed by atoms with Crippen molar-refractivity contribution in [1.82, 2.24) is 0 Å². The van der Waals surface area contributed by atoms with Crippen molar-refractivity contribution in [1.29, 1.82) is 0 Å². The molecule has 4 rings (SSSR count). The standard InChI is InChI=1S/C16H17NSi/c1-2-6-14-12(5-1)9-10-13-11-18-16-8-4-3-7-15(16)17(13)14/h1-8,13H,9-11,18H2. The van der Waals surface area contributed by atoms with E-state index in [2.05, 4.69) is 53.4 Å². The Morgan fingerprint density at radius 2 is 1.72 bits per heavy atom. The number of hydrogen-bond acceptors (Lipinski definition) is 1. The fourth-order valence-corrected chi connectivity index (χ4v) is 5.52.